The number of hydrogen-bond donors (Lipinski definition) is 2. The van der Waals surface area contributed by atoms with E-state index in [1.165, 1.54) is 0 Å². The van der Waals surface area contributed by atoms with Crippen LogP contribution in [0.25, 0.3) is 0 Å². The summed E-state index contributed by atoms with van der Waals surface area (Å²) in [7, 11) is 0. The van der Waals surface area contributed by atoms with E-state index in [9.17, 15) is 14.7 Å². The summed E-state index contributed by atoms with van der Waals surface area (Å²) in [5.41, 5.74) is 5.80. The first-order chi connectivity index (χ1) is 9.74. The van der Waals surface area contributed by atoms with E-state index in [0.717, 1.165) is 19.3 Å². The highest BCUT2D eigenvalue weighted by Gasteiger charge is 2.50. The van der Waals surface area contributed by atoms with Gasteiger partial charge < -0.3 is 15.7 Å². The predicted molar refractivity (Wildman–Crippen MR) is 80.6 cm³/mol. The zero-order valence-corrected chi connectivity index (χ0v) is 13.3. The minimum Gasteiger partial charge on any atom is -0.480 e. The molecule has 21 heavy (non-hydrogen) atoms. The Hall–Kier alpha value is -1.10. The number of carbonyl (C=O) groups excluding carboxylic acids is 1. The first-order valence-electron chi connectivity index (χ1n) is 7.98. The maximum atomic E-state index is 12.8. The van der Waals surface area contributed by atoms with Gasteiger partial charge in [-0.15, -0.1) is 0 Å². The minimum atomic E-state index is -0.857. The molecule has 120 valence electrons. The van der Waals surface area contributed by atoms with Crippen molar-refractivity contribution in [2.24, 2.45) is 28.9 Å². The first-order valence-corrected chi connectivity index (χ1v) is 7.98. The van der Waals surface area contributed by atoms with Gasteiger partial charge in [0.2, 0.25) is 5.91 Å². The Morgan fingerprint density at radius 2 is 2.00 bits per heavy atom. The topological polar surface area (TPSA) is 83.6 Å². The predicted octanol–water partition coefficient (Wildman–Crippen LogP) is 1.71. The van der Waals surface area contributed by atoms with Crippen molar-refractivity contribution in [3.05, 3.63) is 0 Å². The summed E-state index contributed by atoms with van der Waals surface area (Å²) in [4.78, 5) is 26.0. The van der Waals surface area contributed by atoms with Gasteiger partial charge in [-0.3, -0.25) is 4.79 Å². The van der Waals surface area contributed by atoms with Gasteiger partial charge in [-0.05, 0) is 36.5 Å². The van der Waals surface area contributed by atoms with Gasteiger partial charge in [0, 0.05) is 13.1 Å². The first kappa shape index (κ1) is 16.3. The number of rotatable bonds is 4. The van der Waals surface area contributed by atoms with E-state index in [-0.39, 0.29) is 29.7 Å². The van der Waals surface area contributed by atoms with Crippen LogP contribution in [0.4, 0.5) is 0 Å². The summed E-state index contributed by atoms with van der Waals surface area (Å²) in [6, 6.07) is -0.640. The van der Waals surface area contributed by atoms with Crippen LogP contribution >= 0.6 is 0 Å². The van der Waals surface area contributed by atoms with Crippen molar-refractivity contribution < 1.29 is 14.7 Å². The molecule has 4 atom stereocenters. The van der Waals surface area contributed by atoms with Gasteiger partial charge in [-0.25, -0.2) is 4.79 Å². The molecule has 2 aliphatic rings. The molecule has 0 bridgehead atoms. The zero-order valence-electron chi connectivity index (χ0n) is 13.3. The molecule has 2 fully saturated rings. The molecule has 5 heteroatoms. The largest absolute Gasteiger partial charge is 0.480 e. The summed E-state index contributed by atoms with van der Waals surface area (Å²) in [5, 5.41) is 9.54. The highest BCUT2D eigenvalue weighted by molar-refractivity contribution is 5.86. The summed E-state index contributed by atoms with van der Waals surface area (Å²) < 4.78 is 0. The molecule has 4 unspecified atom stereocenters. The Labute approximate surface area is 126 Å². The van der Waals surface area contributed by atoms with Crippen LogP contribution in [0.2, 0.25) is 0 Å². The Morgan fingerprint density at radius 1 is 1.33 bits per heavy atom. The summed E-state index contributed by atoms with van der Waals surface area (Å²) >= 11 is 0. The Balaban J connectivity index is 2.15. The number of hydrogen-bond acceptors (Lipinski definition) is 3. The Bertz CT molecular complexity index is 416. The van der Waals surface area contributed by atoms with Gasteiger partial charge in [0.15, 0.2) is 0 Å². The molecule has 1 saturated heterocycles. The average Bonchev–Trinajstić information content (AvgIpc) is 2.92. The van der Waals surface area contributed by atoms with Gasteiger partial charge in [-0.1, -0.05) is 27.2 Å². The van der Waals surface area contributed by atoms with Crippen molar-refractivity contribution in [1.29, 1.82) is 0 Å². The third-order valence-corrected chi connectivity index (χ3v) is 4.92. The fourth-order valence-corrected chi connectivity index (χ4v) is 4.09. The lowest BCUT2D eigenvalue weighted by atomic mass is 9.84. The van der Waals surface area contributed by atoms with Gasteiger partial charge in [0.1, 0.15) is 6.04 Å². The van der Waals surface area contributed by atoms with Crippen molar-refractivity contribution >= 4 is 11.9 Å². The number of carboxylic acids is 1. The van der Waals surface area contributed by atoms with Crippen molar-refractivity contribution in [2.45, 2.75) is 52.5 Å². The number of nitrogens with zero attached hydrogens (tertiary/aromatic N) is 1. The van der Waals surface area contributed by atoms with E-state index in [1.54, 1.807) is 4.90 Å². The second-order valence-corrected chi connectivity index (χ2v) is 7.83. The second kappa shape index (κ2) is 5.95. The molecule has 0 aromatic heterocycles. The van der Waals surface area contributed by atoms with E-state index >= 15 is 0 Å². The Kier molecular flexibility index (Phi) is 4.61. The van der Waals surface area contributed by atoms with Crippen LogP contribution in [0, 0.1) is 23.2 Å². The van der Waals surface area contributed by atoms with Crippen LogP contribution < -0.4 is 5.73 Å². The fourth-order valence-electron chi connectivity index (χ4n) is 4.09. The number of fused-ring (bicyclic) bond motifs is 1. The average molecular weight is 296 g/mol. The SMILES string of the molecule is CC(C)(C)CC(CN)C(=O)N1CC2CCCC2C1C(=O)O. The molecule has 0 aromatic rings. The lowest BCUT2D eigenvalue weighted by Crippen LogP contribution is -2.47. The summed E-state index contributed by atoms with van der Waals surface area (Å²) in [5.74, 6) is -0.688. The quantitative estimate of drug-likeness (QED) is 0.827. The number of carboxylic acid groups (broad SMARTS) is 1. The molecule has 1 amide bonds. The van der Waals surface area contributed by atoms with Crippen LogP contribution in [0.3, 0.4) is 0 Å². The summed E-state index contributed by atoms with van der Waals surface area (Å²) in [6.45, 7) is 7.12. The van der Waals surface area contributed by atoms with Crippen LogP contribution in [-0.2, 0) is 9.59 Å². The lowest BCUT2D eigenvalue weighted by molar-refractivity contribution is -0.151. The third kappa shape index (κ3) is 3.39. The standard InChI is InChI=1S/C16H28N2O3/c1-16(2,3)7-11(8-17)14(19)18-9-10-5-4-6-12(10)13(18)15(20)21/h10-13H,4-9,17H2,1-3H3,(H,20,21). The van der Waals surface area contributed by atoms with Crippen molar-refractivity contribution in [2.75, 3.05) is 13.1 Å². The van der Waals surface area contributed by atoms with Crippen molar-refractivity contribution in [1.82, 2.24) is 4.90 Å². The minimum absolute atomic E-state index is 0.00795. The highest BCUT2D eigenvalue weighted by Crippen LogP contribution is 2.43. The molecular formula is C16H28N2O3. The van der Waals surface area contributed by atoms with E-state index in [0.29, 0.717) is 18.9 Å². The normalized spacial score (nSPS) is 30.3. The maximum absolute atomic E-state index is 12.8. The number of nitrogens with two attached hydrogens (primary N) is 1. The van der Waals surface area contributed by atoms with Crippen LogP contribution in [0.5, 0.6) is 0 Å². The molecule has 0 radical (unpaired) electrons. The molecule has 1 aliphatic heterocycles. The molecular weight excluding hydrogens is 268 g/mol. The third-order valence-electron chi connectivity index (χ3n) is 4.92. The lowest BCUT2D eigenvalue weighted by Gasteiger charge is -2.31. The van der Waals surface area contributed by atoms with Gasteiger partial charge >= 0.3 is 5.97 Å². The van der Waals surface area contributed by atoms with E-state index < -0.39 is 12.0 Å². The number of amides is 1. The second-order valence-electron chi connectivity index (χ2n) is 7.83. The van der Waals surface area contributed by atoms with Gasteiger partial charge in [0.05, 0.1) is 5.92 Å². The molecule has 1 heterocycles. The highest BCUT2D eigenvalue weighted by atomic mass is 16.4. The molecule has 0 spiro atoms. The van der Waals surface area contributed by atoms with E-state index in [1.807, 2.05) is 0 Å². The van der Waals surface area contributed by atoms with Gasteiger partial charge in [0.25, 0.3) is 0 Å². The van der Waals surface area contributed by atoms with E-state index in [4.69, 9.17) is 5.73 Å². The molecule has 1 aliphatic carbocycles. The monoisotopic (exact) mass is 296 g/mol. The van der Waals surface area contributed by atoms with Gasteiger partial charge in [-0.2, -0.15) is 0 Å². The van der Waals surface area contributed by atoms with Crippen LogP contribution in [-0.4, -0.2) is 41.0 Å². The summed E-state index contributed by atoms with van der Waals surface area (Å²) in [6.07, 6.45) is 3.76. The molecule has 1 saturated carbocycles. The number of carbonyl (C=O) groups is 2. The number of likely N-dealkylation sites (tertiary alicyclic amines) is 1. The molecule has 3 N–H and O–H groups in total. The smallest absolute Gasteiger partial charge is 0.326 e. The van der Waals surface area contributed by atoms with Crippen LogP contribution in [0.15, 0.2) is 0 Å². The molecule has 0 aromatic carbocycles. The fraction of sp³-hybridized carbons (Fsp3) is 0.875. The molecule has 5 nitrogen and oxygen atoms in total. The molecule has 2 rings (SSSR count). The Morgan fingerprint density at radius 3 is 2.52 bits per heavy atom. The van der Waals surface area contributed by atoms with Crippen LogP contribution in [0.1, 0.15) is 46.5 Å². The number of aliphatic carboxylic acids is 1. The van der Waals surface area contributed by atoms with E-state index in [2.05, 4.69) is 20.8 Å². The zero-order chi connectivity index (χ0) is 15.8. The maximum Gasteiger partial charge on any atom is 0.326 e. The van der Waals surface area contributed by atoms with Crippen molar-refractivity contribution in [3.63, 3.8) is 0 Å². The van der Waals surface area contributed by atoms with Crippen molar-refractivity contribution in [3.8, 4) is 0 Å².